The van der Waals surface area contributed by atoms with Gasteiger partial charge < -0.3 is 5.11 Å². The topological polar surface area (TPSA) is 33.1 Å². The van der Waals surface area contributed by atoms with E-state index in [1.54, 1.807) is 13.1 Å². The molecule has 0 aliphatic heterocycles. The molecule has 1 fully saturated rings. The third-order valence-corrected chi connectivity index (χ3v) is 4.35. The van der Waals surface area contributed by atoms with Crippen LogP contribution < -0.4 is 0 Å². The number of aliphatic hydroxyl groups is 1. The highest BCUT2D eigenvalue weighted by atomic mass is 32.2. The number of aliphatic hydroxyl groups excluding tert-OH is 1. The molecule has 1 aromatic rings. The third kappa shape index (κ3) is 3.22. The van der Waals surface area contributed by atoms with Gasteiger partial charge in [-0.2, -0.15) is 0 Å². The molecule has 0 bridgehead atoms. The van der Waals surface area contributed by atoms with Crippen LogP contribution in [0.2, 0.25) is 0 Å². The minimum atomic E-state index is -0.395. The van der Waals surface area contributed by atoms with E-state index >= 15 is 0 Å². The minimum absolute atomic E-state index is 0.395. The van der Waals surface area contributed by atoms with Crippen LogP contribution in [-0.4, -0.2) is 15.3 Å². The molecule has 1 aromatic heterocycles. The number of aromatic nitrogens is 1. The summed E-state index contributed by atoms with van der Waals surface area (Å²) in [5.41, 5.74) is 0.966. The quantitative estimate of drug-likeness (QED) is 0.872. The van der Waals surface area contributed by atoms with Gasteiger partial charge in [0.05, 0.1) is 11.1 Å². The van der Waals surface area contributed by atoms with E-state index in [0.29, 0.717) is 0 Å². The molecule has 16 heavy (non-hydrogen) atoms. The average molecular weight is 237 g/mol. The number of rotatable bonds is 3. The maximum atomic E-state index is 9.52. The number of hydrogen-bond acceptors (Lipinski definition) is 3. The summed E-state index contributed by atoms with van der Waals surface area (Å²) in [7, 11) is 0. The summed E-state index contributed by atoms with van der Waals surface area (Å²) in [5.74, 6) is 0. The molecule has 0 aromatic carbocycles. The van der Waals surface area contributed by atoms with Crippen LogP contribution >= 0.6 is 11.8 Å². The van der Waals surface area contributed by atoms with Crippen molar-refractivity contribution in [2.75, 3.05) is 0 Å². The van der Waals surface area contributed by atoms with Crippen LogP contribution in [0.15, 0.2) is 23.4 Å². The Balaban J connectivity index is 2.00. The Kier molecular flexibility index (Phi) is 4.24. The van der Waals surface area contributed by atoms with E-state index in [1.807, 2.05) is 23.9 Å². The number of hydrogen-bond donors (Lipinski definition) is 1. The predicted octanol–water partition coefficient (Wildman–Crippen LogP) is 3.56. The number of thioether (sulfide) groups is 1. The van der Waals surface area contributed by atoms with Crippen molar-refractivity contribution >= 4 is 11.8 Å². The number of pyridine rings is 1. The molecule has 2 rings (SSSR count). The van der Waals surface area contributed by atoms with Gasteiger partial charge in [0.15, 0.2) is 0 Å². The molecule has 1 unspecified atom stereocenters. The molecule has 0 spiro atoms. The summed E-state index contributed by atoms with van der Waals surface area (Å²) in [6, 6.07) is 3.90. The highest BCUT2D eigenvalue weighted by molar-refractivity contribution is 7.99. The lowest BCUT2D eigenvalue weighted by Gasteiger charge is -2.20. The zero-order chi connectivity index (χ0) is 11.4. The van der Waals surface area contributed by atoms with Gasteiger partial charge in [-0.05, 0) is 37.5 Å². The zero-order valence-electron chi connectivity index (χ0n) is 9.72. The van der Waals surface area contributed by atoms with Gasteiger partial charge in [0.1, 0.15) is 0 Å². The van der Waals surface area contributed by atoms with Crippen molar-refractivity contribution in [1.29, 1.82) is 0 Å². The van der Waals surface area contributed by atoms with Gasteiger partial charge in [0.25, 0.3) is 0 Å². The van der Waals surface area contributed by atoms with Crippen LogP contribution in [0.4, 0.5) is 0 Å². The largest absolute Gasteiger partial charge is 0.389 e. The van der Waals surface area contributed by atoms with E-state index in [0.717, 1.165) is 15.8 Å². The van der Waals surface area contributed by atoms with Crippen molar-refractivity contribution < 1.29 is 5.11 Å². The first-order valence-corrected chi connectivity index (χ1v) is 6.94. The first-order chi connectivity index (χ1) is 7.75. The first-order valence-electron chi connectivity index (χ1n) is 6.06. The second-order valence-electron chi connectivity index (χ2n) is 4.48. The van der Waals surface area contributed by atoms with E-state index in [9.17, 15) is 5.11 Å². The SMILES string of the molecule is CC(O)c1ccnc(SC2CCCCC2)c1. The summed E-state index contributed by atoms with van der Waals surface area (Å²) in [4.78, 5) is 4.37. The van der Waals surface area contributed by atoms with Crippen molar-refractivity contribution in [1.82, 2.24) is 4.98 Å². The second kappa shape index (κ2) is 5.69. The smallest absolute Gasteiger partial charge is 0.0966 e. The highest BCUT2D eigenvalue weighted by Crippen LogP contribution is 2.33. The lowest BCUT2D eigenvalue weighted by atomic mass is 10.0. The summed E-state index contributed by atoms with van der Waals surface area (Å²) < 4.78 is 0. The third-order valence-electron chi connectivity index (χ3n) is 3.08. The molecule has 0 saturated heterocycles. The normalized spacial score (nSPS) is 19.6. The maximum Gasteiger partial charge on any atom is 0.0966 e. The molecule has 3 heteroatoms. The van der Waals surface area contributed by atoms with E-state index in [-0.39, 0.29) is 0 Å². The highest BCUT2D eigenvalue weighted by Gasteiger charge is 2.15. The van der Waals surface area contributed by atoms with Crippen LogP contribution in [0.1, 0.15) is 50.7 Å². The Morgan fingerprint density at radius 3 is 2.81 bits per heavy atom. The van der Waals surface area contributed by atoms with E-state index in [1.165, 1.54) is 32.1 Å². The Bertz CT molecular complexity index is 334. The van der Waals surface area contributed by atoms with E-state index in [4.69, 9.17) is 0 Å². The molecular weight excluding hydrogens is 218 g/mol. The van der Waals surface area contributed by atoms with E-state index < -0.39 is 6.10 Å². The van der Waals surface area contributed by atoms with E-state index in [2.05, 4.69) is 4.98 Å². The van der Waals surface area contributed by atoms with Crippen LogP contribution in [0.25, 0.3) is 0 Å². The summed E-state index contributed by atoms with van der Waals surface area (Å²) >= 11 is 1.87. The summed E-state index contributed by atoms with van der Waals surface area (Å²) in [5, 5.41) is 11.3. The maximum absolute atomic E-state index is 9.52. The van der Waals surface area contributed by atoms with Crippen molar-refractivity contribution in [2.45, 2.75) is 55.4 Å². The molecule has 1 N–H and O–H groups in total. The molecule has 0 amide bonds. The van der Waals surface area contributed by atoms with Gasteiger partial charge in [0.2, 0.25) is 0 Å². The fraction of sp³-hybridized carbons (Fsp3) is 0.615. The van der Waals surface area contributed by atoms with Gasteiger partial charge in [-0.3, -0.25) is 0 Å². The second-order valence-corrected chi connectivity index (χ2v) is 5.80. The Hall–Kier alpha value is -0.540. The molecule has 0 radical (unpaired) electrons. The molecule has 1 saturated carbocycles. The van der Waals surface area contributed by atoms with Gasteiger partial charge in [0, 0.05) is 11.4 Å². The average Bonchev–Trinajstić information content (AvgIpc) is 2.30. The molecule has 88 valence electrons. The molecule has 1 atom stereocenters. The van der Waals surface area contributed by atoms with Crippen LogP contribution in [-0.2, 0) is 0 Å². The standard InChI is InChI=1S/C13H19NOS/c1-10(15)11-7-8-14-13(9-11)16-12-5-3-2-4-6-12/h7-10,12,15H,2-6H2,1H3. The molecular formula is C13H19NOS. The fourth-order valence-corrected chi connectivity index (χ4v) is 3.34. The van der Waals surface area contributed by atoms with Crippen LogP contribution in [0, 0.1) is 0 Å². The Morgan fingerprint density at radius 1 is 1.38 bits per heavy atom. The first kappa shape index (κ1) is 11.9. The lowest BCUT2D eigenvalue weighted by molar-refractivity contribution is 0.199. The molecule has 1 aliphatic carbocycles. The van der Waals surface area contributed by atoms with Gasteiger partial charge in [-0.25, -0.2) is 4.98 Å². The monoisotopic (exact) mass is 237 g/mol. The Labute approximate surface area is 101 Å². The lowest BCUT2D eigenvalue weighted by Crippen LogP contribution is -2.08. The number of nitrogens with zero attached hydrogens (tertiary/aromatic N) is 1. The van der Waals surface area contributed by atoms with Crippen molar-refractivity contribution in [3.05, 3.63) is 23.9 Å². The van der Waals surface area contributed by atoms with Crippen molar-refractivity contribution in [2.24, 2.45) is 0 Å². The summed E-state index contributed by atoms with van der Waals surface area (Å²) in [6.45, 7) is 1.80. The molecule has 1 heterocycles. The predicted molar refractivity (Wildman–Crippen MR) is 67.6 cm³/mol. The Morgan fingerprint density at radius 2 is 2.12 bits per heavy atom. The van der Waals surface area contributed by atoms with Crippen LogP contribution in [0.5, 0.6) is 0 Å². The van der Waals surface area contributed by atoms with Crippen molar-refractivity contribution in [3.8, 4) is 0 Å². The molecule has 1 aliphatic rings. The van der Waals surface area contributed by atoms with Gasteiger partial charge in [-0.15, -0.1) is 11.8 Å². The zero-order valence-corrected chi connectivity index (χ0v) is 10.5. The minimum Gasteiger partial charge on any atom is -0.389 e. The van der Waals surface area contributed by atoms with Crippen LogP contribution in [0.3, 0.4) is 0 Å². The fourth-order valence-electron chi connectivity index (χ4n) is 2.10. The van der Waals surface area contributed by atoms with Gasteiger partial charge >= 0.3 is 0 Å². The molecule has 2 nitrogen and oxygen atoms in total. The van der Waals surface area contributed by atoms with Gasteiger partial charge in [-0.1, -0.05) is 19.3 Å². The van der Waals surface area contributed by atoms with Crippen molar-refractivity contribution in [3.63, 3.8) is 0 Å². The summed E-state index contributed by atoms with van der Waals surface area (Å²) in [6.07, 6.45) is 8.12.